The van der Waals surface area contributed by atoms with Crippen LogP contribution in [0.2, 0.25) is 0 Å². The number of allylic oxidation sites excluding steroid dienone is 1. The molecule has 0 bridgehead atoms. The number of halogens is 3. The molecule has 0 heterocycles. The first-order valence-electron chi connectivity index (χ1n) is 5.48. The number of esters is 1. The number of carbonyl (C=O) groups excluding carboxylic acids is 1. The van der Waals surface area contributed by atoms with Crippen molar-refractivity contribution in [1.29, 1.82) is 5.26 Å². The third-order valence-corrected chi connectivity index (χ3v) is 2.29. The maximum Gasteiger partial charge on any atom is 0.450 e. The van der Waals surface area contributed by atoms with Gasteiger partial charge in [-0.3, -0.25) is 0 Å². The number of hydrogen-bond donors (Lipinski definition) is 1. The van der Waals surface area contributed by atoms with E-state index in [1.165, 1.54) is 0 Å². The average molecular weight is 285 g/mol. The van der Waals surface area contributed by atoms with Gasteiger partial charge in [0.1, 0.15) is 6.07 Å². The van der Waals surface area contributed by atoms with Crippen LogP contribution in [0.4, 0.5) is 13.2 Å². The van der Waals surface area contributed by atoms with Crippen molar-refractivity contribution in [2.45, 2.75) is 12.6 Å². The quantitative estimate of drug-likeness (QED) is 0.399. The van der Waals surface area contributed by atoms with Gasteiger partial charge in [0, 0.05) is 6.42 Å². The van der Waals surface area contributed by atoms with Crippen LogP contribution in [0.5, 0.6) is 0 Å². The molecule has 20 heavy (non-hydrogen) atoms. The first-order chi connectivity index (χ1) is 9.36. The lowest BCUT2D eigenvalue weighted by Gasteiger charge is -2.08. The highest BCUT2D eigenvalue weighted by Gasteiger charge is 2.39. The Hall–Kier alpha value is -2.49. The van der Waals surface area contributed by atoms with Crippen molar-refractivity contribution in [3.05, 3.63) is 47.2 Å². The predicted molar refractivity (Wildman–Crippen MR) is 62.4 cm³/mol. The van der Waals surface area contributed by atoms with Gasteiger partial charge in [-0.15, -0.1) is 0 Å². The topological polar surface area (TPSA) is 70.3 Å². The summed E-state index contributed by atoms with van der Waals surface area (Å²) in [5, 5.41) is 17.2. The number of rotatable bonds is 4. The summed E-state index contributed by atoms with van der Waals surface area (Å²) in [6.07, 6.45) is -4.87. The molecule has 7 heteroatoms. The maximum atomic E-state index is 12.2. The van der Waals surface area contributed by atoms with Crippen molar-refractivity contribution in [2.24, 2.45) is 0 Å². The molecule has 4 nitrogen and oxygen atoms in total. The molecular formula is C13H10F3NO3. The van der Waals surface area contributed by atoms with Crippen molar-refractivity contribution in [3.63, 3.8) is 0 Å². The summed E-state index contributed by atoms with van der Waals surface area (Å²) in [6.45, 7) is -0.195. The standard InChI is InChI=1S/C13H10F3NO3/c14-13(15,16)11(18)10(8-17)12(19)20-7-6-9-4-2-1-3-5-9/h1-5,18H,6-7H2/b11-10-. The summed E-state index contributed by atoms with van der Waals surface area (Å²) in [4.78, 5) is 11.3. The van der Waals surface area contributed by atoms with E-state index in [-0.39, 0.29) is 13.0 Å². The summed E-state index contributed by atoms with van der Waals surface area (Å²) in [5.41, 5.74) is -0.631. The van der Waals surface area contributed by atoms with E-state index >= 15 is 0 Å². The molecule has 0 saturated heterocycles. The molecule has 0 saturated carbocycles. The number of aliphatic hydroxyl groups is 1. The number of nitriles is 1. The summed E-state index contributed by atoms with van der Waals surface area (Å²) in [7, 11) is 0. The van der Waals surface area contributed by atoms with Crippen LogP contribution < -0.4 is 0 Å². The molecule has 0 amide bonds. The average Bonchev–Trinajstić information content (AvgIpc) is 2.39. The minimum absolute atomic E-state index is 0.195. The molecule has 0 fully saturated rings. The number of benzene rings is 1. The van der Waals surface area contributed by atoms with Crippen LogP contribution in [0.1, 0.15) is 5.56 Å². The first-order valence-corrected chi connectivity index (χ1v) is 5.48. The SMILES string of the molecule is N#C/C(C(=O)OCCc1ccccc1)=C(/O)C(F)(F)F. The molecule has 1 N–H and O–H groups in total. The van der Waals surface area contributed by atoms with Crippen LogP contribution in [-0.4, -0.2) is 23.9 Å². The van der Waals surface area contributed by atoms with Gasteiger partial charge in [-0.05, 0) is 5.56 Å². The molecule has 106 valence electrons. The second-order valence-electron chi connectivity index (χ2n) is 3.70. The van der Waals surface area contributed by atoms with Crippen LogP contribution in [-0.2, 0) is 16.0 Å². The summed E-state index contributed by atoms with van der Waals surface area (Å²) < 4.78 is 41.0. The number of alkyl halides is 3. The van der Waals surface area contributed by atoms with Gasteiger partial charge in [-0.1, -0.05) is 30.3 Å². The summed E-state index contributed by atoms with van der Waals surface area (Å²) in [6, 6.07) is 9.80. The number of carbonyl (C=O) groups is 1. The van der Waals surface area contributed by atoms with Crippen molar-refractivity contribution >= 4 is 5.97 Å². The monoisotopic (exact) mass is 285 g/mol. The lowest BCUT2D eigenvalue weighted by atomic mass is 10.2. The zero-order valence-electron chi connectivity index (χ0n) is 10.1. The van der Waals surface area contributed by atoms with E-state index in [2.05, 4.69) is 4.74 Å². The van der Waals surface area contributed by atoms with Gasteiger partial charge in [0.25, 0.3) is 0 Å². The lowest BCUT2D eigenvalue weighted by Crippen LogP contribution is -2.19. The second-order valence-corrected chi connectivity index (χ2v) is 3.70. The van der Waals surface area contributed by atoms with Crippen LogP contribution in [0, 0.1) is 11.3 Å². The Morgan fingerprint density at radius 1 is 1.30 bits per heavy atom. The fourth-order valence-corrected chi connectivity index (χ4v) is 1.32. The predicted octanol–water partition coefficient (Wildman–Crippen LogP) is 2.67. The third kappa shape index (κ3) is 4.31. The minimum Gasteiger partial charge on any atom is -0.503 e. The van der Waals surface area contributed by atoms with Gasteiger partial charge in [0.2, 0.25) is 5.76 Å². The summed E-state index contributed by atoms with van der Waals surface area (Å²) in [5.74, 6) is -3.75. The van der Waals surface area contributed by atoms with Crippen molar-refractivity contribution in [1.82, 2.24) is 0 Å². The van der Waals surface area contributed by atoms with Crippen LogP contribution in [0.3, 0.4) is 0 Å². The molecule has 0 aromatic heterocycles. The number of aliphatic hydroxyl groups excluding tert-OH is 1. The third-order valence-electron chi connectivity index (χ3n) is 2.29. The minimum atomic E-state index is -5.16. The molecule has 0 atom stereocenters. The highest BCUT2D eigenvalue weighted by atomic mass is 19.4. The van der Waals surface area contributed by atoms with E-state index in [0.717, 1.165) is 11.6 Å². The van der Waals surface area contributed by atoms with Crippen LogP contribution in [0.15, 0.2) is 41.7 Å². The Morgan fingerprint density at radius 2 is 1.90 bits per heavy atom. The molecule has 0 radical (unpaired) electrons. The smallest absolute Gasteiger partial charge is 0.450 e. The van der Waals surface area contributed by atoms with Crippen molar-refractivity contribution in [2.75, 3.05) is 6.61 Å². The van der Waals surface area contributed by atoms with E-state index < -0.39 is 23.5 Å². The number of nitrogens with zero attached hydrogens (tertiary/aromatic N) is 1. The first kappa shape index (κ1) is 15.6. The van der Waals surface area contributed by atoms with E-state index in [1.54, 1.807) is 30.3 Å². The van der Waals surface area contributed by atoms with E-state index in [0.29, 0.717) is 0 Å². The Kier molecular flexibility index (Phi) is 5.15. The molecule has 0 spiro atoms. The molecule has 0 unspecified atom stereocenters. The normalized spacial score (nSPS) is 12.3. The lowest BCUT2D eigenvalue weighted by molar-refractivity contribution is -0.142. The van der Waals surface area contributed by atoms with Gasteiger partial charge >= 0.3 is 12.1 Å². The van der Waals surface area contributed by atoms with Gasteiger partial charge in [-0.25, -0.2) is 4.79 Å². The zero-order chi connectivity index (χ0) is 15.2. The molecule has 0 aliphatic heterocycles. The highest BCUT2D eigenvalue weighted by Crippen LogP contribution is 2.26. The van der Waals surface area contributed by atoms with Crippen molar-refractivity contribution < 1.29 is 27.8 Å². The summed E-state index contributed by atoms with van der Waals surface area (Å²) >= 11 is 0. The molecular weight excluding hydrogens is 275 g/mol. The number of hydrogen-bond acceptors (Lipinski definition) is 4. The Labute approximate surface area is 112 Å². The van der Waals surface area contributed by atoms with Gasteiger partial charge < -0.3 is 9.84 Å². The van der Waals surface area contributed by atoms with E-state index in [9.17, 15) is 18.0 Å². The second kappa shape index (κ2) is 6.61. The number of ether oxygens (including phenoxy) is 1. The molecule has 1 aromatic rings. The Balaban J connectivity index is 2.65. The fourth-order valence-electron chi connectivity index (χ4n) is 1.32. The van der Waals surface area contributed by atoms with Crippen LogP contribution >= 0.6 is 0 Å². The van der Waals surface area contributed by atoms with Gasteiger partial charge in [0.15, 0.2) is 5.57 Å². The Morgan fingerprint density at radius 3 is 2.40 bits per heavy atom. The molecule has 1 rings (SSSR count). The molecule has 0 aliphatic rings. The molecule has 0 aliphatic carbocycles. The largest absolute Gasteiger partial charge is 0.503 e. The Bertz CT molecular complexity index is 544. The van der Waals surface area contributed by atoms with E-state index in [1.807, 2.05) is 0 Å². The zero-order valence-corrected chi connectivity index (χ0v) is 10.1. The van der Waals surface area contributed by atoms with Crippen LogP contribution in [0.25, 0.3) is 0 Å². The van der Waals surface area contributed by atoms with Gasteiger partial charge in [0.05, 0.1) is 6.61 Å². The van der Waals surface area contributed by atoms with Gasteiger partial charge in [-0.2, -0.15) is 18.4 Å². The van der Waals surface area contributed by atoms with E-state index in [4.69, 9.17) is 10.4 Å². The van der Waals surface area contributed by atoms with Crippen molar-refractivity contribution in [3.8, 4) is 6.07 Å². The fraction of sp³-hybridized carbons (Fsp3) is 0.231. The molecule has 1 aromatic carbocycles. The highest BCUT2D eigenvalue weighted by molar-refractivity contribution is 5.93. The maximum absolute atomic E-state index is 12.2.